The monoisotopic (exact) mass is 318 g/mol. The quantitative estimate of drug-likeness (QED) is 0.730. The Balaban J connectivity index is 2.47. The molecule has 1 aromatic rings. The van der Waals surface area contributed by atoms with Crippen LogP contribution >= 0.6 is 11.6 Å². The molecule has 0 aliphatic rings. The van der Waals surface area contributed by atoms with Gasteiger partial charge in [0.2, 0.25) is 0 Å². The fraction of sp³-hybridized carbons (Fsp3) is 0.600. The number of rotatable bonds is 9. The average molecular weight is 319 g/mol. The largest absolute Gasteiger partial charge is 0.490 e. The van der Waals surface area contributed by atoms with E-state index in [0.29, 0.717) is 22.9 Å². The molecule has 5 nitrogen and oxygen atoms in total. The van der Waals surface area contributed by atoms with Gasteiger partial charge in [-0.1, -0.05) is 11.6 Å². The van der Waals surface area contributed by atoms with Crippen LogP contribution in [0.5, 0.6) is 5.75 Å². The zero-order valence-corrected chi connectivity index (χ0v) is 13.3. The minimum Gasteiger partial charge on any atom is -0.490 e. The zero-order valence-electron chi connectivity index (χ0n) is 12.6. The Kier molecular flexibility index (Phi) is 8.00. The summed E-state index contributed by atoms with van der Waals surface area (Å²) in [6.45, 7) is 4.19. The number of aliphatic hydroxyl groups excluding tert-OH is 2. The smallest absolute Gasteiger partial charge is 0.125 e. The van der Waals surface area contributed by atoms with Crippen LogP contribution in [0.4, 0.5) is 0 Å². The van der Waals surface area contributed by atoms with E-state index in [0.717, 1.165) is 0 Å². The lowest BCUT2D eigenvalue weighted by Gasteiger charge is -2.18. The van der Waals surface area contributed by atoms with Crippen LogP contribution in [0.3, 0.4) is 0 Å². The second-order valence-electron chi connectivity index (χ2n) is 4.92. The number of ether oxygens (including phenoxy) is 3. The van der Waals surface area contributed by atoms with Crippen molar-refractivity contribution in [2.24, 2.45) is 0 Å². The molecule has 0 bridgehead atoms. The fourth-order valence-corrected chi connectivity index (χ4v) is 1.95. The predicted molar refractivity (Wildman–Crippen MR) is 80.9 cm³/mol. The highest BCUT2D eigenvalue weighted by Crippen LogP contribution is 2.28. The molecule has 120 valence electrons. The number of benzene rings is 1. The molecule has 0 spiro atoms. The highest BCUT2D eigenvalue weighted by molar-refractivity contribution is 6.30. The molecule has 6 heteroatoms. The number of methoxy groups -OCH3 is 1. The normalized spacial score (nSPS) is 15.5. The Morgan fingerprint density at radius 1 is 1.14 bits per heavy atom. The van der Waals surface area contributed by atoms with Gasteiger partial charge >= 0.3 is 0 Å². The van der Waals surface area contributed by atoms with Gasteiger partial charge in [0.1, 0.15) is 18.5 Å². The summed E-state index contributed by atoms with van der Waals surface area (Å²) in [5.74, 6) is 0.499. The van der Waals surface area contributed by atoms with Gasteiger partial charge in [-0.3, -0.25) is 0 Å². The Hall–Kier alpha value is -0.850. The maximum absolute atomic E-state index is 9.83. The number of hydrogen-bond acceptors (Lipinski definition) is 5. The van der Waals surface area contributed by atoms with Crippen LogP contribution in [-0.2, 0) is 9.47 Å². The van der Waals surface area contributed by atoms with Crippen LogP contribution < -0.4 is 4.74 Å². The predicted octanol–water partition coefficient (Wildman–Crippen LogP) is 2.18. The molecule has 0 saturated carbocycles. The van der Waals surface area contributed by atoms with Gasteiger partial charge in [0.25, 0.3) is 0 Å². The van der Waals surface area contributed by atoms with Gasteiger partial charge in [-0.25, -0.2) is 0 Å². The van der Waals surface area contributed by atoms with E-state index < -0.39 is 12.2 Å². The number of halogens is 1. The van der Waals surface area contributed by atoms with E-state index in [4.69, 9.17) is 25.8 Å². The van der Waals surface area contributed by atoms with E-state index in [2.05, 4.69) is 0 Å². The Morgan fingerprint density at radius 2 is 1.86 bits per heavy atom. The molecule has 0 radical (unpaired) electrons. The Labute approximate surface area is 130 Å². The molecule has 2 unspecified atom stereocenters. The van der Waals surface area contributed by atoms with Gasteiger partial charge in [0, 0.05) is 17.7 Å². The van der Waals surface area contributed by atoms with Crippen molar-refractivity contribution in [3.05, 3.63) is 28.8 Å². The summed E-state index contributed by atoms with van der Waals surface area (Å²) in [4.78, 5) is 0. The van der Waals surface area contributed by atoms with Crippen LogP contribution in [0.15, 0.2) is 18.2 Å². The van der Waals surface area contributed by atoms with E-state index >= 15 is 0 Å². The summed E-state index contributed by atoms with van der Waals surface area (Å²) in [7, 11) is 1.59. The molecule has 0 saturated heterocycles. The van der Waals surface area contributed by atoms with E-state index in [1.807, 2.05) is 6.92 Å². The summed E-state index contributed by atoms with van der Waals surface area (Å²) >= 11 is 5.89. The van der Waals surface area contributed by atoms with Crippen LogP contribution in [0.25, 0.3) is 0 Å². The zero-order chi connectivity index (χ0) is 15.8. The Bertz CT molecular complexity index is 425. The number of hydrogen-bond donors (Lipinski definition) is 2. The van der Waals surface area contributed by atoms with Crippen molar-refractivity contribution in [3.8, 4) is 5.75 Å². The molecule has 2 N–H and O–H groups in total. The lowest BCUT2D eigenvalue weighted by molar-refractivity contribution is -0.0424. The van der Waals surface area contributed by atoms with Crippen molar-refractivity contribution in [2.45, 2.75) is 32.2 Å². The molecular weight excluding hydrogens is 296 g/mol. The molecule has 0 heterocycles. The summed E-state index contributed by atoms with van der Waals surface area (Å²) in [5.41, 5.74) is 0.586. The van der Waals surface area contributed by atoms with Crippen LogP contribution in [0.2, 0.25) is 5.02 Å². The maximum Gasteiger partial charge on any atom is 0.125 e. The molecular formula is C15H23ClO5. The highest BCUT2D eigenvalue weighted by Gasteiger charge is 2.13. The molecule has 0 aliphatic heterocycles. The second kappa shape index (κ2) is 9.23. The third-order valence-electron chi connectivity index (χ3n) is 2.83. The average Bonchev–Trinajstić information content (AvgIpc) is 2.44. The lowest BCUT2D eigenvalue weighted by atomic mass is 10.1. The summed E-state index contributed by atoms with van der Waals surface area (Å²) < 4.78 is 15.9. The summed E-state index contributed by atoms with van der Waals surface area (Å²) in [6.07, 6.45) is -1.55. The highest BCUT2D eigenvalue weighted by atomic mass is 35.5. The van der Waals surface area contributed by atoms with Gasteiger partial charge in [0.15, 0.2) is 0 Å². The molecule has 1 rings (SSSR count). The summed E-state index contributed by atoms with van der Waals surface area (Å²) in [5, 5.41) is 20.0. The standard InChI is InChI=1S/C15H23ClO5/c1-10(7-19-3)20-8-13(18)9-21-15-5-4-12(16)6-14(15)11(2)17/h4-6,10-11,13,17-18H,7-9H2,1-3H3/t10?,11-,13?/m1/s1. The van der Waals surface area contributed by atoms with Crippen molar-refractivity contribution in [1.82, 2.24) is 0 Å². The summed E-state index contributed by atoms with van der Waals surface area (Å²) in [6, 6.07) is 4.99. The molecule has 0 aliphatic carbocycles. The second-order valence-corrected chi connectivity index (χ2v) is 5.36. The lowest BCUT2D eigenvalue weighted by Crippen LogP contribution is -2.27. The van der Waals surface area contributed by atoms with Gasteiger partial charge in [-0.15, -0.1) is 0 Å². The third kappa shape index (κ3) is 6.63. The van der Waals surface area contributed by atoms with E-state index in [9.17, 15) is 10.2 Å². The molecule has 0 fully saturated rings. The van der Waals surface area contributed by atoms with Crippen molar-refractivity contribution in [2.75, 3.05) is 26.9 Å². The van der Waals surface area contributed by atoms with Gasteiger partial charge in [0.05, 0.1) is 25.4 Å². The third-order valence-corrected chi connectivity index (χ3v) is 3.06. The van der Waals surface area contributed by atoms with Crippen LogP contribution in [0.1, 0.15) is 25.5 Å². The molecule has 1 aromatic carbocycles. The van der Waals surface area contributed by atoms with E-state index in [1.165, 1.54) is 0 Å². The Morgan fingerprint density at radius 3 is 2.48 bits per heavy atom. The molecule has 0 amide bonds. The first-order valence-electron chi connectivity index (χ1n) is 6.83. The van der Waals surface area contributed by atoms with Crippen molar-refractivity contribution in [3.63, 3.8) is 0 Å². The first-order chi connectivity index (χ1) is 9.93. The van der Waals surface area contributed by atoms with Gasteiger partial charge < -0.3 is 24.4 Å². The van der Waals surface area contributed by atoms with Crippen molar-refractivity contribution >= 4 is 11.6 Å². The van der Waals surface area contributed by atoms with Crippen molar-refractivity contribution in [1.29, 1.82) is 0 Å². The number of aliphatic hydroxyl groups is 2. The first-order valence-corrected chi connectivity index (χ1v) is 7.20. The van der Waals surface area contributed by atoms with E-state index in [-0.39, 0.29) is 19.3 Å². The molecule has 3 atom stereocenters. The molecule has 21 heavy (non-hydrogen) atoms. The fourth-order valence-electron chi connectivity index (χ4n) is 1.77. The molecule has 0 aromatic heterocycles. The van der Waals surface area contributed by atoms with Gasteiger partial charge in [-0.2, -0.15) is 0 Å². The minimum atomic E-state index is -0.762. The maximum atomic E-state index is 9.83. The van der Waals surface area contributed by atoms with Crippen molar-refractivity contribution < 1.29 is 24.4 Å². The van der Waals surface area contributed by atoms with E-state index in [1.54, 1.807) is 32.2 Å². The first kappa shape index (κ1) is 18.2. The SMILES string of the molecule is COCC(C)OCC(O)COc1ccc(Cl)cc1[C@@H](C)O. The topological polar surface area (TPSA) is 68.2 Å². The minimum absolute atomic E-state index is 0.0705. The van der Waals surface area contributed by atoms with Gasteiger partial charge in [-0.05, 0) is 32.0 Å². The van der Waals surface area contributed by atoms with Crippen LogP contribution in [-0.4, -0.2) is 49.4 Å². The van der Waals surface area contributed by atoms with Crippen LogP contribution in [0, 0.1) is 0 Å².